The van der Waals surface area contributed by atoms with Gasteiger partial charge in [-0.25, -0.2) is 0 Å². The Morgan fingerprint density at radius 3 is 2.94 bits per heavy atom. The summed E-state index contributed by atoms with van der Waals surface area (Å²) in [6.07, 6.45) is 7.74. The lowest BCUT2D eigenvalue weighted by Crippen LogP contribution is -2.25. The molecule has 1 amide bonds. The number of unbranched alkanes of at least 4 members (excludes halogenated alkanes) is 2. The smallest absolute Gasteiger partial charge is 0.251 e. The van der Waals surface area contributed by atoms with Crippen molar-refractivity contribution in [2.24, 2.45) is 0 Å². The van der Waals surface area contributed by atoms with Crippen LogP contribution in [0.1, 0.15) is 35.2 Å². The normalized spacial score (nSPS) is 9.65. The van der Waals surface area contributed by atoms with Crippen molar-refractivity contribution in [3.05, 3.63) is 29.3 Å². The summed E-state index contributed by atoms with van der Waals surface area (Å²) in [5.41, 5.74) is 7.86. The third-order valence-electron chi connectivity index (χ3n) is 2.65. The van der Waals surface area contributed by atoms with Gasteiger partial charge in [0.2, 0.25) is 0 Å². The third-order valence-corrected chi connectivity index (χ3v) is 2.65. The van der Waals surface area contributed by atoms with Crippen LogP contribution in [0.2, 0.25) is 0 Å². The molecule has 0 radical (unpaired) electrons. The fourth-order valence-corrected chi connectivity index (χ4v) is 1.55. The van der Waals surface area contributed by atoms with E-state index in [2.05, 4.69) is 11.2 Å². The van der Waals surface area contributed by atoms with Crippen molar-refractivity contribution < 1.29 is 4.79 Å². The minimum Gasteiger partial charge on any atom is -0.398 e. The fourth-order valence-electron chi connectivity index (χ4n) is 1.55. The molecule has 0 spiro atoms. The van der Waals surface area contributed by atoms with E-state index < -0.39 is 0 Å². The Hall–Kier alpha value is -1.95. The van der Waals surface area contributed by atoms with E-state index in [0.717, 1.165) is 24.8 Å². The van der Waals surface area contributed by atoms with E-state index in [1.165, 1.54) is 0 Å². The molecule has 0 fully saturated rings. The average molecular weight is 230 g/mol. The molecule has 0 aliphatic heterocycles. The number of hydrogen-bond acceptors (Lipinski definition) is 2. The summed E-state index contributed by atoms with van der Waals surface area (Å²) in [6.45, 7) is 2.50. The van der Waals surface area contributed by atoms with Gasteiger partial charge in [-0.05, 0) is 37.5 Å². The molecule has 0 aliphatic carbocycles. The number of carbonyl (C=O) groups excluding carboxylic acids is 1. The SMILES string of the molecule is C#CCCCCNC(=O)c1cccc(N)c1C. The van der Waals surface area contributed by atoms with Gasteiger partial charge in [-0.15, -0.1) is 12.3 Å². The molecule has 0 aromatic heterocycles. The molecule has 1 aromatic carbocycles. The van der Waals surface area contributed by atoms with Crippen LogP contribution in [-0.4, -0.2) is 12.5 Å². The second kappa shape index (κ2) is 6.59. The Labute approximate surface area is 102 Å². The third kappa shape index (κ3) is 3.84. The van der Waals surface area contributed by atoms with E-state index in [9.17, 15) is 4.79 Å². The van der Waals surface area contributed by atoms with Crippen LogP contribution >= 0.6 is 0 Å². The van der Waals surface area contributed by atoms with Gasteiger partial charge >= 0.3 is 0 Å². The van der Waals surface area contributed by atoms with Gasteiger partial charge in [0.1, 0.15) is 0 Å². The molecule has 0 unspecified atom stereocenters. The fraction of sp³-hybridized carbons (Fsp3) is 0.357. The van der Waals surface area contributed by atoms with Crippen molar-refractivity contribution in [3.8, 4) is 12.3 Å². The molecule has 3 nitrogen and oxygen atoms in total. The lowest BCUT2D eigenvalue weighted by molar-refractivity contribution is 0.0952. The zero-order valence-electron chi connectivity index (χ0n) is 10.1. The van der Waals surface area contributed by atoms with Crippen LogP contribution in [0.4, 0.5) is 5.69 Å². The molecular weight excluding hydrogens is 212 g/mol. The van der Waals surface area contributed by atoms with Crippen molar-refractivity contribution in [3.63, 3.8) is 0 Å². The highest BCUT2D eigenvalue weighted by atomic mass is 16.1. The van der Waals surface area contributed by atoms with E-state index in [4.69, 9.17) is 12.2 Å². The Balaban J connectivity index is 2.48. The Morgan fingerprint density at radius 2 is 2.24 bits per heavy atom. The Bertz CT molecular complexity index is 432. The zero-order chi connectivity index (χ0) is 12.7. The molecule has 0 bridgehead atoms. The first-order valence-corrected chi connectivity index (χ1v) is 5.73. The predicted molar refractivity (Wildman–Crippen MR) is 70.6 cm³/mol. The van der Waals surface area contributed by atoms with Gasteiger partial charge in [-0.1, -0.05) is 6.07 Å². The first-order valence-electron chi connectivity index (χ1n) is 5.73. The van der Waals surface area contributed by atoms with Crippen molar-refractivity contribution >= 4 is 11.6 Å². The molecule has 3 N–H and O–H groups in total. The van der Waals surface area contributed by atoms with Crippen LogP contribution in [0.25, 0.3) is 0 Å². The number of nitrogens with one attached hydrogen (secondary N) is 1. The number of amides is 1. The van der Waals surface area contributed by atoms with E-state index in [-0.39, 0.29) is 5.91 Å². The van der Waals surface area contributed by atoms with Crippen molar-refractivity contribution in [2.75, 3.05) is 12.3 Å². The molecule has 0 atom stereocenters. The van der Waals surface area contributed by atoms with E-state index in [0.29, 0.717) is 17.8 Å². The second-order valence-electron chi connectivity index (χ2n) is 3.94. The van der Waals surface area contributed by atoms with E-state index >= 15 is 0 Å². The maximum atomic E-state index is 11.8. The first kappa shape index (κ1) is 13.1. The van der Waals surface area contributed by atoms with Crippen LogP contribution in [0.3, 0.4) is 0 Å². The molecule has 3 heteroatoms. The minimum atomic E-state index is -0.0736. The van der Waals surface area contributed by atoms with Crippen molar-refractivity contribution in [1.29, 1.82) is 0 Å². The summed E-state index contributed by atoms with van der Waals surface area (Å²) in [5.74, 6) is 2.50. The molecule has 1 aromatic rings. The average Bonchev–Trinajstić information content (AvgIpc) is 2.32. The van der Waals surface area contributed by atoms with Gasteiger partial charge in [-0.3, -0.25) is 4.79 Å². The minimum absolute atomic E-state index is 0.0736. The summed E-state index contributed by atoms with van der Waals surface area (Å²) < 4.78 is 0. The number of rotatable bonds is 5. The summed E-state index contributed by atoms with van der Waals surface area (Å²) in [4.78, 5) is 11.8. The van der Waals surface area contributed by atoms with Gasteiger partial charge in [0, 0.05) is 24.2 Å². The largest absolute Gasteiger partial charge is 0.398 e. The summed E-state index contributed by atoms with van der Waals surface area (Å²) >= 11 is 0. The number of nitrogen functional groups attached to an aromatic ring is 1. The standard InChI is InChI=1S/C14H18N2O/c1-3-4-5-6-10-16-14(17)12-8-7-9-13(15)11(12)2/h1,7-9H,4-6,10,15H2,2H3,(H,16,17). The quantitative estimate of drug-likeness (QED) is 0.462. The molecule has 90 valence electrons. The molecule has 1 rings (SSSR count). The summed E-state index contributed by atoms with van der Waals surface area (Å²) in [7, 11) is 0. The predicted octanol–water partition coefficient (Wildman–Crippen LogP) is 2.11. The maximum Gasteiger partial charge on any atom is 0.251 e. The molecule has 0 heterocycles. The summed E-state index contributed by atoms with van der Waals surface area (Å²) in [6, 6.07) is 5.36. The molecule has 0 aliphatic rings. The number of terminal acetylenes is 1. The second-order valence-corrected chi connectivity index (χ2v) is 3.94. The molecule has 17 heavy (non-hydrogen) atoms. The van der Waals surface area contributed by atoms with Crippen molar-refractivity contribution in [1.82, 2.24) is 5.32 Å². The highest BCUT2D eigenvalue weighted by molar-refractivity contribution is 5.96. The van der Waals surface area contributed by atoms with E-state index in [1.807, 2.05) is 6.92 Å². The number of carbonyl (C=O) groups is 1. The van der Waals surface area contributed by atoms with Gasteiger partial charge in [-0.2, -0.15) is 0 Å². The Morgan fingerprint density at radius 1 is 1.47 bits per heavy atom. The first-order chi connectivity index (χ1) is 8.16. The number of benzene rings is 1. The highest BCUT2D eigenvalue weighted by Crippen LogP contribution is 2.15. The maximum absolute atomic E-state index is 11.8. The Kier molecular flexibility index (Phi) is 5.09. The van der Waals surface area contributed by atoms with Gasteiger partial charge in [0.05, 0.1) is 0 Å². The lowest BCUT2D eigenvalue weighted by atomic mass is 10.1. The summed E-state index contributed by atoms with van der Waals surface area (Å²) in [5, 5.41) is 2.86. The number of hydrogen-bond donors (Lipinski definition) is 2. The monoisotopic (exact) mass is 230 g/mol. The molecular formula is C14H18N2O. The van der Waals surface area contributed by atoms with Crippen LogP contribution in [0.5, 0.6) is 0 Å². The van der Waals surface area contributed by atoms with Crippen LogP contribution in [0, 0.1) is 19.3 Å². The van der Waals surface area contributed by atoms with Gasteiger partial charge < -0.3 is 11.1 Å². The van der Waals surface area contributed by atoms with Gasteiger partial charge in [0.15, 0.2) is 0 Å². The topological polar surface area (TPSA) is 55.1 Å². The number of anilines is 1. The lowest BCUT2D eigenvalue weighted by Gasteiger charge is -2.08. The highest BCUT2D eigenvalue weighted by Gasteiger charge is 2.09. The van der Waals surface area contributed by atoms with Crippen LogP contribution in [-0.2, 0) is 0 Å². The van der Waals surface area contributed by atoms with E-state index in [1.54, 1.807) is 18.2 Å². The molecule has 0 saturated heterocycles. The number of nitrogens with two attached hydrogens (primary N) is 1. The van der Waals surface area contributed by atoms with Crippen LogP contribution < -0.4 is 11.1 Å². The molecule has 0 saturated carbocycles. The van der Waals surface area contributed by atoms with Crippen molar-refractivity contribution in [2.45, 2.75) is 26.2 Å². The van der Waals surface area contributed by atoms with Crippen LogP contribution in [0.15, 0.2) is 18.2 Å². The van der Waals surface area contributed by atoms with Gasteiger partial charge in [0.25, 0.3) is 5.91 Å². The zero-order valence-corrected chi connectivity index (χ0v) is 10.1.